The van der Waals surface area contributed by atoms with E-state index in [4.69, 9.17) is 4.74 Å². The summed E-state index contributed by atoms with van der Waals surface area (Å²) < 4.78 is 5.36. The monoisotopic (exact) mass is 424 g/mol. The molecule has 3 amide bonds. The van der Waals surface area contributed by atoms with E-state index in [0.717, 1.165) is 11.3 Å². The highest BCUT2D eigenvalue weighted by Crippen LogP contribution is 2.24. The van der Waals surface area contributed by atoms with Gasteiger partial charge in [-0.3, -0.25) is 19.4 Å². The van der Waals surface area contributed by atoms with Gasteiger partial charge in [0.2, 0.25) is 5.91 Å². The number of ether oxygens (including phenoxy) is 1. The standard InChI is InChI=1S/C23H28N4O4/c1-26(2)22(29)18(15-16-9-5-4-6-10-16)25-21(28)19-20(31-19)23(30)27(3)14-12-17-11-7-8-13-24-17/h4-11,13,18-20H,12,14-15H2,1-3H3,(H,25,28)/t18-,19?,20?/m0/s1. The van der Waals surface area contributed by atoms with Gasteiger partial charge in [-0.25, -0.2) is 0 Å². The maximum Gasteiger partial charge on any atom is 0.254 e. The van der Waals surface area contributed by atoms with Gasteiger partial charge < -0.3 is 19.9 Å². The second-order valence-electron chi connectivity index (χ2n) is 7.79. The predicted molar refractivity (Wildman–Crippen MR) is 115 cm³/mol. The first-order chi connectivity index (χ1) is 14.9. The van der Waals surface area contributed by atoms with E-state index < -0.39 is 24.2 Å². The Bertz CT molecular complexity index is 904. The SMILES string of the molecule is CN(C)C(=O)[C@H](Cc1ccccc1)NC(=O)C1OC1C(=O)N(C)CCc1ccccn1. The quantitative estimate of drug-likeness (QED) is 0.597. The number of epoxide rings is 1. The zero-order valence-electron chi connectivity index (χ0n) is 18.0. The number of nitrogens with zero attached hydrogens (tertiary/aromatic N) is 3. The molecule has 0 saturated carbocycles. The van der Waals surface area contributed by atoms with Crippen molar-refractivity contribution in [3.8, 4) is 0 Å². The smallest absolute Gasteiger partial charge is 0.254 e. The Balaban J connectivity index is 1.54. The highest BCUT2D eigenvalue weighted by atomic mass is 16.6. The highest BCUT2D eigenvalue weighted by molar-refractivity contribution is 5.97. The Hall–Kier alpha value is -3.26. The zero-order valence-corrected chi connectivity index (χ0v) is 18.0. The maximum absolute atomic E-state index is 12.7. The van der Waals surface area contributed by atoms with E-state index in [-0.39, 0.29) is 11.8 Å². The van der Waals surface area contributed by atoms with E-state index in [9.17, 15) is 14.4 Å². The number of nitrogens with one attached hydrogen (secondary N) is 1. The molecule has 3 rings (SSSR count). The van der Waals surface area contributed by atoms with Crippen LogP contribution in [0.5, 0.6) is 0 Å². The van der Waals surface area contributed by atoms with Crippen LogP contribution in [0.15, 0.2) is 54.7 Å². The minimum atomic E-state index is -0.877. The van der Waals surface area contributed by atoms with Crippen molar-refractivity contribution in [2.75, 3.05) is 27.7 Å². The lowest BCUT2D eigenvalue weighted by molar-refractivity contribution is -0.134. The van der Waals surface area contributed by atoms with Crippen molar-refractivity contribution in [2.45, 2.75) is 31.1 Å². The largest absolute Gasteiger partial charge is 0.349 e. The Morgan fingerprint density at radius 1 is 1.03 bits per heavy atom. The molecule has 1 saturated heterocycles. The summed E-state index contributed by atoms with van der Waals surface area (Å²) >= 11 is 0. The number of hydrogen-bond donors (Lipinski definition) is 1. The van der Waals surface area contributed by atoms with Crippen LogP contribution in [-0.2, 0) is 32.0 Å². The minimum absolute atomic E-state index is 0.215. The molecule has 1 fully saturated rings. The van der Waals surface area contributed by atoms with Crippen LogP contribution in [0.3, 0.4) is 0 Å². The number of likely N-dealkylation sites (N-methyl/N-ethyl adjacent to an activating group) is 2. The minimum Gasteiger partial charge on any atom is -0.349 e. The first kappa shape index (κ1) is 22.4. The van der Waals surface area contributed by atoms with E-state index in [0.29, 0.717) is 19.4 Å². The number of carbonyl (C=O) groups excluding carboxylic acids is 3. The van der Waals surface area contributed by atoms with Gasteiger partial charge in [0.05, 0.1) is 0 Å². The number of aromatic nitrogens is 1. The van der Waals surface area contributed by atoms with Gasteiger partial charge in [-0.2, -0.15) is 0 Å². The van der Waals surface area contributed by atoms with Gasteiger partial charge in [-0.1, -0.05) is 36.4 Å². The van der Waals surface area contributed by atoms with Crippen molar-refractivity contribution in [3.63, 3.8) is 0 Å². The molecule has 31 heavy (non-hydrogen) atoms. The first-order valence-corrected chi connectivity index (χ1v) is 10.2. The van der Waals surface area contributed by atoms with Crippen molar-refractivity contribution in [3.05, 3.63) is 66.0 Å². The third-order valence-corrected chi connectivity index (χ3v) is 5.14. The van der Waals surface area contributed by atoms with Crippen LogP contribution >= 0.6 is 0 Å². The fourth-order valence-corrected chi connectivity index (χ4v) is 3.27. The molecule has 3 atom stereocenters. The van der Waals surface area contributed by atoms with Gasteiger partial charge in [0.1, 0.15) is 6.04 Å². The second-order valence-corrected chi connectivity index (χ2v) is 7.79. The molecular weight excluding hydrogens is 396 g/mol. The number of carbonyl (C=O) groups is 3. The van der Waals surface area contributed by atoms with Crippen molar-refractivity contribution in [1.29, 1.82) is 0 Å². The third kappa shape index (κ3) is 6.11. The molecule has 2 aromatic rings. The Labute approximate surface area is 182 Å². The predicted octanol–water partition coefficient (Wildman–Crippen LogP) is 0.666. The van der Waals surface area contributed by atoms with E-state index in [2.05, 4.69) is 10.3 Å². The Morgan fingerprint density at radius 3 is 2.39 bits per heavy atom. The summed E-state index contributed by atoms with van der Waals surface area (Å²) in [5, 5.41) is 2.75. The summed E-state index contributed by atoms with van der Waals surface area (Å²) in [6.45, 7) is 0.472. The normalized spacial score (nSPS) is 18.0. The van der Waals surface area contributed by atoms with Gasteiger partial charge in [0, 0.05) is 52.4 Å². The molecular formula is C23H28N4O4. The van der Waals surface area contributed by atoms with Gasteiger partial charge in [0.25, 0.3) is 11.8 Å². The summed E-state index contributed by atoms with van der Waals surface area (Å²) in [4.78, 5) is 45.0. The van der Waals surface area contributed by atoms with E-state index in [1.807, 2.05) is 48.5 Å². The van der Waals surface area contributed by atoms with E-state index in [1.165, 1.54) is 4.90 Å². The lowest BCUT2D eigenvalue weighted by Gasteiger charge is -2.21. The fraction of sp³-hybridized carbons (Fsp3) is 0.391. The lowest BCUT2D eigenvalue weighted by Crippen LogP contribution is -2.49. The summed E-state index contributed by atoms with van der Waals surface area (Å²) in [6, 6.07) is 14.4. The summed E-state index contributed by atoms with van der Waals surface area (Å²) in [5.41, 5.74) is 1.82. The van der Waals surface area contributed by atoms with Gasteiger partial charge in [-0.15, -0.1) is 0 Å². The molecule has 8 nitrogen and oxygen atoms in total. The molecule has 1 N–H and O–H groups in total. The van der Waals surface area contributed by atoms with Crippen LogP contribution in [0.2, 0.25) is 0 Å². The molecule has 164 valence electrons. The average molecular weight is 425 g/mol. The molecule has 0 radical (unpaired) electrons. The number of amides is 3. The molecule has 8 heteroatoms. The topological polar surface area (TPSA) is 95.1 Å². The molecule has 0 bridgehead atoms. The average Bonchev–Trinajstić information content (AvgIpc) is 3.58. The molecule has 1 aromatic carbocycles. The molecule has 2 heterocycles. The van der Waals surface area contributed by atoms with Gasteiger partial charge >= 0.3 is 0 Å². The Kier molecular flexibility index (Phi) is 7.36. The number of rotatable bonds is 9. The van der Waals surface area contributed by atoms with Gasteiger partial charge in [0.15, 0.2) is 12.2 Å². The maximum atomic E-state index is 12.7. The first-order valence-electron chi connectivity index (χ1n) is 10.2. The zero-order chi connectivity index (χ0) is 22.4. The van der Waals surface area contributed by atoms with Crippen LogP contribution < -0.4 is 5.32 Å². The molecule has 0 spiro atoms. The van der Waals surface area contributed by atoms with Gasteiger partial charge in [-0.05, 0) is 17.7 Å². The van der Waals surface area contributed by atoms with E-state index in [1.54, 1.807) is 32.2 Å². The third-order valence-electron chi connectivity index (χ3n) is 5.14. The highest BCUT2D eigenvalue weighted by Gasteiger charge is 2.51. The summed E-state index contributed by atoms with van der Waals surface area (Å²) in [7, 11) is 4.96. The number of benzene rings is 1. The molecule has 1 aliphatic heterocycles. The van der Waals surface area contributed by atoms with Crippen LogP contribution in [0.25, 0.3) is 0 Å². The van der Waals surface area contributed by atoms with Crippen molar-refractivity contribution in [1.82, 2.24) is 20.1 Å². The van der Waals surface area contributed by atoms with E-state index >= 15 is 0 Å². The van der Waals surface area contributed by atoms with Crippen molar-refractivity contribution >= 4 is 17.7 Å². The van der Waals surface area contributed by atoms with Crippen molar-refractivity contribution in [2.24, 2.45) is 0 Å². The fourth-order valence-electron chi connectivity index (χ4n) is 3.27. The lowest BCUT2D eigenvalue weighted by atomic mass is 10.0. The number of pyridine rings is 1. The van der Waals surface area contributed by atoms with Crippen LogP contribution in [0, 0.1) is 0 Å². The Morgan fingerprint density at radius 2 is 1.74 bits per heavy atom. The molecule has 0 aliphatic carbocycles. The summed E-state index contributed by atoms with van der Waals surface area (Å²) in [6.07, 6.45) is 0.989. The van der Waals surface area contributed by atoms with Crippen LogP contribution in [0.1, 0.15) is 11.3 Å². The van der Waals surface area contributed by atoms with Crippen molar-refractivity contribution < 1.29 is 19.1 Å². The summed E-state index contributed by atoms with van der Waals surface area (Å²) in [5.74, 6) is -0.921. The number of hydrogen-bond acceptors (Lipinski definition) is 5. The molecule has 1 aliphatic rings. The van der Waals surface area contributed by atoms with Crippen LogP contribution in [-0.4, -0.2) is 78.4 Å². The van der Waals surface area contributed by atoms with Crippen LogP contribution in [0.4, 0.5) is 0 Å². The molecule has 1 aromatic heterocycles. The second kappa shape index (κ2) is 10.2. The molecule has 2 unspecified atom stereocenters.